The van der Waals surface area contributed by atoms with Crippen molar-refractivity contribution in [1.29, 1.82) is 0 Å². The molecule has 0 unspecified atom stereocenters. The lowest BCUT2D eigenvalue weighted by Crippen LogP contribution is -2.32. The minimum atomic E-state index is -2.97. The van der Waals surface area contributed by atoms with E-state index < -0.39 is 9.84 Å². The van der Waals surface area contributed by atoms with E-state index in [2.05, 4.69) is 35.7 Å². The summed E-state index contributed by atoms with van der Waals surface area (Å²) in [7, 11) is -2.97. The number of hydrogen-bond donors (Lipinski definition) is 0. The van der Waals surface area contributed by atoms with Gasteiger partial charge in [-0.05, 0) is 36.2 Å². The van der Waals surface area contributed by atoms with Crippen LogP contribution < -0.4 is 0 Å². The Morgan fingerprint density at radius 3 is 2.78 bits per heavy atom. The molecule has 0 N–H and O–H groups in total. The monoisotopic (exact) mass is 404 g/mol. The zero-order chi connectivity index (χ0) is 19.0. The molecule has 2 aliphatic rings. The maximum atomic E-state index is 11.9. The highest BCUT2D eigenvalue weighted by Crippen LogP contribution is 2.28. The van der Waals surface area contributed by atoms with Gasteiger partial charge in [0.05, 0.1) is 18.2 Å². The zero-order valence-electron chi connectivity index (χ0n) is 15.2. The van der Waals surface area contributed by atoms with E-state index in [0.717, 1.165) is 25.3 Å². The number of rotatable bonds is 5. The molecule has 1 atom stereocenters. The molecule has 0 aliphatic carbocycles. The second-order valence-corrected chi connectivity index (χ2v) is 9.95. The molecule has 2 aromatic rings. The maximum absolute atomic E-state index is 11.9. The van der Waals surface area contributed by atoms with E-state index in [1.54, 1.807) is 6.08 Å². The topological polar surface area (TPSA) is 60.1 Å². The molecular formula is C19H24N4O2S2. The van der Waals surface area contributed by atoms with Crippen molar-refractivity contribution >= 4 is 22.1 Å². The second-order valence-electron chi connectivity index (χ2n) is 7.35. The molecule has 6 nitrogen and oxygen atoms in total. The molecule has 27 heavy (non-hydrogen) atoms. The van der Waals surface area contributed by atoms with Crippen LogP contribution in [-0.2, 0) is 36.0 Å². The number of nitrogens with zero attached hydrogens (tertiary/aromatic N) is 4. The van der Waals surface area contributed by atoms with Crippen LogP contribution in [0.4, 0.5) is 0 Å². The SMILES string of the molecule is C=CCn1c([C@H]2CCS(=O)(=O)C2)nn(CN2CCc3ccccc3C2)c1=S. The quantitative estimate of drug-likeness (QED) is 0.566. The first kappa shape index (κ1) is 18.6. The summed E-state index contributed by atoms with van der Waals surface area (Å²) in [5.41, 5.74) is 2.76. The largest absolute Gasteiger partial charge is 0.300 e. The fourth-order valence-electron chi connectivity index (χ4n) is 4.02. The number of hydrogen-bond acceptors (Lipinski definition) is 5. The van der Waals surface area contributed by atoms with Crippen molar-refractivity contribution in [3.63, 3.8) is 0 Å². The lowest BCUT2D eigenvalue weighted by Gasteiger charge is -2.28. The summed E-state index contributed by atoms with van der Waals surface area (Å²) in [5, 5.41) is 4.75. The van der Waals surface area contributed by atoms with Crippen molar-refractivity contribution in [2.24, 2.45) is 0 Å². The molecule has 0 bridgehead atoms. The molecule has 1 aromatic heterocycles. The molecule has 2 aliphatic heterocycles. The van der Waals surface area contributed by atoms with Crippen LogP contribution in [0.5, 0.6) is 0 Å². The second kappa shape index (κ2) is 7.33. The molecule has 4 rings (SSSR count). The van der Waals surface area contributed by atoms with Crippen molar-refractivity contribution in [2.75, 3.05) is 18.1 Å². The van der Waals surface area contributed by atoms with Crippen molar-refractivity contribution in [3.05, 3.63) is 58.6 Å². The molecule has 144 valence electrons. The Bertz CT molecular complexity index is 1020. The Kier molecular flexibility index (Phi) is 5.05. The van der Waals surface area contributed by atoms with E-state index in [0.29, 0.717) is 24.4 Å². The molecule has 1 saturated heterocycles. The Labute approximate surface area is 165 Å². The third-order valence-electron chi connectivity index (χ3n) is 5.40. The molecule has 3 heterocycles. The highest BCUT2D eigenvalue weighted by Gasteiger charge is 2.33. The minimum absolute atomic E-state index is 0.0834. The molecule has 0 radical (unpaired) electrons. The summed E-state index contributed by atoms with van der Waals surface area (Å²) in [5.74, 6) is 1.08. The van der Waals surface area contributed by atoms with E-state index in [4.69, 9.17) is 17.3 Å². The summed E-state index contributed by atoms with van der Waals surface area (Å²) in [4.78, 5) is 2.33. The number of fused-ring (bicyclic) bond motifs is 1. The van der Waals surface area contributed by atoms with Crippen LogP contribution in [0.1, 0.15) is 29.3 Å². The summed E-state index contributed by atoms with van der Waals surface area (Å²) in [6.07, 6.45) is 3.42. The van der Waals surface area contributed by atoms with Crippen LogP contribution in [0.2, 0.25) is 0 Å². The van der Waals surface area contributed by atoms with Gasteiger partial charge in [-0.2, -0.15) is 5.10 Å². The number of sulfone groups is 1. The molecule has 0 amide bonds. The average Bonchev–Trinajstić information content (AvgIpc) is 3.16. The fourth-order valence-corrected chi connectivity index (χ4v) is 6.02. The number of allylic oxidation sites excluding steroid dienone is 1. The van der Waals surface area contributed by atoms with Crippen molar-refractivity contribution < 1.29 is 8.42 Å². The van der Waals surface area contributed by atoms with E-state index in [1.807, 2.05) is 9.25 Å². The molecule has 0 saturated carbocycles. The van der Waals surface area contributed by atoms with E-state index in [1.165, 1.54) is 11.1 Å². The van der Waals surface area contributed by atoms with Gasteiger partial charge in [-0.25, -0.2) is 13.1 Å². The first-order chi connectivity index (χ1) is 13.0. The van der Waals surface area contributed by atoms with Gasteiger partial charge < -0.3 is 0 Å². The molecule has 0 spiro atoms. The van der Waals surface area contributed by atoms with Crippen LogP contribution in [0.25, 0.3) is 0 Å². The minimum Gasteiger partial charge on any atom is -0.300 e. The van der Waals surface area contributed by atoms with Crippen molar-refractivity contribution in [3.8, 4) is 0 Å². The van der Waals surface area contributed by atoms with Crippen LogP contribution in [0.3, 0.4) is 0 Å². The fraction of sp³-hybridized carbons (Fsp3) is 0.474. The highest BCUT2D eigenvalue weighted by molar-refractivity contribution is 7.91. The van der Waals surface area contributed by atoms with Crippen LogP contribution in [0.15, 0.2) is 36.9 Å². The van der Waals surface area contributed by atoms with Crippen LogP contribution in [-0.4, -0.2) is 45.7 Å². The predicted molar refractivity (Wildman–Crippen MR) is 108 cm³/mol. The van der Waals surface area contributed by atoms with Gasteiger partial charge in [0.15, 0.2) is 14.6 Å². The predicted octanol–water partition coefficient (Wildman–Crippen LogP) is 2.52. The summed E-state index contributed by atoms with van der Waals surface area (Å²) in [6.45, 7) is 6.81. The third kappa shape index (κ3) is 3.79. The van der Waals surface area contributed by atoms with Crippen molar-refractivity contribution in [2.45, 2.75) is 38.5 Å². The molecule has 1 aromatic carbocycles. The Hall–Kier alpha value is -1.77. The highest BCUT2D eigenvalue weighted by atomic mass is 32.2. The summed E-state index contributed by atoms with van der Waals surface area (Å²) >= 11 is 5.66. The van der Waals surface area contributed by atoms with Crippen LogP contribution >= 0.6 is 12.2 Å². The Morgan fingerprint density at radius 2 is 2.07 bits per heavy atom. The Morgan fingerprint density at radius 1 is 1.30 bits per heavy atom. The first-order valence-corrected chi connectivity index (χ1v) is 11.5. The Balaban J connectivity index is 1.59. The van der Waals surface area contributed by atoms with E-state index >= 15 is 0 Å². The lowest BCUT2D eigenvalue weighted by molar-refractivity contribution is 0.187. The smallest absolute Gasteiger partial charge is 0.199 e. The zero-order valence-corrected chi connectivity index (χ0v) is 16.9. The summed E-state index contributed by atoms with van der Waals surface area (Å²) in [6, 6.07) is 8.52. The standard InChI is InChI=1S/C19H24N4O2S2/c1-2-9-22-18(17-8-11-27(24,25)13-17)20-23(19(22)26)14-21-10-7-15-5-3-4-6-16(15)12-21/h2-6,17H,1,7-14H2/t17-/m0/s1. The summed E-state index contributed by atoms with van der Waals surface area (Å²) < 4.78 is 28.2. The van der Waals surface area contributed by atoms with E-state index in [9.17, 15) is 8.42 Å². The van der Waals surface area contributed by atoms with Gasteiger partial charge in [0.1, 0.15) is 5.82 Å². The van der Waals surface area contributed by atoms with Crippen molar-refractivity contribution in [1.82, 2.24) is 19.2 Å². The van der Waals surface area contributed by atoms with E-state index in [-0.39, 0.29) is 17.4 Å². The van der Waals surface area contributed by atoms with Crippen LogP contribution in [0, 0.1) is 4.77 Å². The first-order valence-electron chi connectivity index (χ1n) is 9.25. The number of benzene rings is 1. The molecule has 1 fully saturated rings. The van der Waals surface area contributed by atoms with Gasteiger partial charge in [0, 0.05) is 25.6 Å². The van der Waals surface area contributed by atoms with Gasteiger partial charge in [0.25, 0.3) is 0 Å². The average molecular weight is 405 g/mol. The molecule has 8 heteroatoms. The third-order valence-corrected chi connectivity index (χ3v) is 7.60. The van der Waals surface area contributed by atoms with Gasteiger partial charge in [-0.1, -0.05) is 30.3 Å². The van der Waals surface area contributed by atoms with Gasteiger partial charge in [-0.15, -0.1) is 6.58 Å². The van der Waals surface area contributed by atoms with Gasteiger partial charge in [0.2, 0.25) is 0 Å². The lowest BCUT2D eigenvalue weighted by atomic mass is 10.0. The molecular weight excluding hydrogens is 380 g/mol. The number of aromatic nitrogens is 3. The van der Waals surface area contributed by atoms with Gasteiger partial charge >= 0.3 is 0 Å². The normalized spacial score (nSPS) is 21.9. The van der Waals surface area contributed by atoms with Gasteiger partial charge in [-0.3, -0.25) is 9.47 Å². The maximum Gasteiger partial charge on any atom is 0.199 e.